The van der Waals surface area contributed by atoms with Crippen LogP contribution < -0.4 is 10.1 Å². The SMILES string of the molecule is Cc1cccc(CNC(=O)c2cn(CCCN3CCCN(Cc4ccc(F)cc4)CC3)c3c(OC(C)C)cccc23)c1. The van der Waals surface area contributed by atoms with Crippen LogP contribution in [0.1, 0.15) is 53.7 Å². The molecular weight excluding hydrogens is 527 g/mol. The molecule has 6 nitrogen and oxygen atoms in total. The van der Waals surface area contributed by atoms with Crippen LogP contribution in [0.5, 0.6) is 5.75 Å². The number of aromatic nitrogens is 1. The minimum Gasteiger partial charge on any atom is -0.489 e. The molecule has 3 aromatic carbocycles. The fourth-order valence-corrected chi connectivity index (χ4v) is 5.85. The van der Waals surface area contributed by atoms with Gasteiger partial charge in [0, 0.05) is 44.3 Å². The molecule has 7 heteroatoms. The molecule has 222 valence electrons. The number of nitrogens with one attached hydrogen (secondary N) is 1. The van der Waals surface area contributed by atoms with Gasteiger partial charge >= 0.3 is 0 Å². The van der Waals surface area contributed by atoms with E-state index in [9.17, 15) is 9.18 Å². The van der Waals surface area contributed by atoms with Crippen LogP contribution in [0.3, 0.4) is 0 Å². The molecule has 0 unspecified atom stereocenters. The summed E-state index contributed by atoms with van der Waals surface area (Å²) in [5, 5.41) is 4.04. The summed E-state index contributed by atoms with van der Waals surface area (Å²) in [7, 11) is 0. The van der Waals surface area contributed by atoms with Crippen LogP contribution in [0.2, 0.25) is 0 Å². The highest BCUT2D eigenvalue weighted by atomic mass is 19.1. The molecule has 0 radical (unpaired) electrons. The van der Waals surface area contributed by atoms with Gasteiger partial charge in [0.2, 0.25) is 0 Å². The molecule has 0 spiro atoms. The van der Waals surface area contributed by atoms with Crippen LogP contribution in [0.25, 0.3) is 10.9 Å². The lowest BCUT2D eigenvalue weighted by Crippen LogP contribution is -2.31. The maximum absolute atomic E-state index is 13.4. The average Bonchev–Trinajstić information content (AvgIpc) is 3.20. The van der Waals surface area contributed by atoms with Crippen molar-refractivity contribution in [3.05, 3.63) is 101 Å². The summed E-state index contributed by atoms with van der Waals surface area (Å²) in [6.07, 6.45) is 4.12. The largest absolute Gasteiger partial charge is 0.489 e. The van der Waals surface area contributed by atoms with E-state index in [-0.39, 0.29) is 17.8 Å². The second-order valence-electron chi connectivity index (χ2n) is 11.7. The number of rotatable bonds is 11. The molecule has 1 saturated heterocycles. The molecule has 0 bridgehead atoms. The summed E-state index contributed by atoms with van der Waals surface area (Å²) in [5.41, 5.74) is 5.08. The van der Waals surface area contributed by atoms with E-state index in [1.165, 1.54) is 5.56 Å². The van der Waals surface area contributed by atoms with Crippen molar-refractivity contribution in [1.82, 2.24) is 19.7 Å². The zero-order valence-electron chi connectivity index (χ0n) is 25.1. The van der Waals surface area contributed by atoms with Gasteiger partial charge in [-0.2, -0.15) is 0 Å². The number of fused-ring (bicyclic) bond motifs is 1. The van der Waals surface area contributed by atoms with Crippen molar-refractivity contribution in [2.45, 2.75) is 59.4 Å². The second kappa shape index (κ2) is 14.0. The van der Waals surface area contributed by atoms with Crippen molar-refractivity contribution >= 4 is 16.8 Å². The van der Waals surface area contributed by atoms with Gasteiger partial charge in [-0.15, -0.1) is 0 Å². The molecule has 5 rings (SSSR count). The molecule has 0 saturated carbocycles. The Hall–Kier alpha value is -3.68. The minimum absolute atomic E-state index is 0.0347. The summed E-state index contributed by atoms with van der Waals surface area (Å²) >= 11 is 0. The molecule has 1 fully saturated rings. The van der Waals surface area contributed by atoms with Gasteiger partial charge in [-0.05, 0) is 82.6 Å². The Morgan fingerprint density at radius 1 is 0.929 bits per heavy atom. The van der Waals surface area contributed by atoms with Crippen LogP contribution in [-0.2, 0) is 19.6 Å². The van der Waals surface area contributed by atoms with Crippen LogP contribution in [0.4, 0.5) is 4.39 Å². The minimum atomic E-state index is -0.186. The maximum Gasteiger partial charge on any atom is 0.253 e. The number of ether oxygens (including phenoxy) is 1. The third-order valence-corrected chi connectivity index (χ3v) is 7.88. The summed E-state index contributed by atoms with van der Waals surface area (Å²) in [6.45, 7) is 13.4. The van der Waals surface area contributed by atoms with Crippen molar-refractivity contribution in [2.24, 2.45) is 0 Å². The molecular formula is C35H43FN4O2. The van der Waals surface area contributed by atoms with Crippen molar-refractivity contribution in [3.63, 3.8) is 0 Å². The Morgan fingerprint density at radius 3 is 2.48 bits per heavy atom. The van der Waals surface area contributed by atoms with Crippen molar-refractivity contribution in [3.8, 4) is 5.75 Å². The number of nitrogens with zero attached hydrogens (tertiary/aromatic N) is 3. The summed E-state index contributed by atoms with van der Waals surface area (Å²) in [4.78, 5) is 18.4. The highest BCUT2D eigenvalue weighted by molar-refractivity contribution is 6.08. The molecule has 1 N–H and O–H groups in total. The van der Waals surface area contributed by atoms with E-state index in [0.29, 0.717) is 12.1 Å². The quantitative estimate of drug-likeness (QED) is 0.227. The predicted octanol–water partition coefficient (Wildman–Crippen LogP) is 6.40. The first kappa shape index (κ1) is 29.8. The Kier molecular flexibility index (Phi) is 9.93. The van der Waals surface area contributed by atoms with E-state index in [1.807, 2.05) is 62.5 Å². The third kappa shape index (κ3) is 7.78. The summed E-state index contributed by atoms with van der Waals surface area (Å²) in [5.74, 6) is 0.552. The highest BCUT2D eigenvalue weighted by Gasteiger charge is 2.20. The molecule has 1 amide bonds. The number of hydrogen-bond donors (Lipinski definition) is 1. The monoisotopic (exact) mass is 570 g/mol. The lowest BCUT2D eigenvalue weighted by atomic mass is 10.1. The molecule has 42 heavy (non-hydrogen) atoms. The number of carbonyl (C=O) groups is 1. The number of halogens is 1. The Balaban J connectivity index is 1.24. The van der Waals surface area contributed by atoms with Gasteiger partial charge in [0.1, 0.15) is 11.6 Å². The Bertz CT molecular complexity index is 1480. The smallest absolute Gasteiger partial charge is 0.253 e. The normalized spacial score (nSPS) is 14.8. The first-order chi connectivity index (χ1) is 20.4. The fourth-order valence-electron chi connectivity index (χ4n) is 5.85. The molecule has 4 aromatic rings. The van der Waals surface area contributed by atoms with Crippen molar-refractivity contribution in [2.75, 3.05) is 32.7 Å². The van der Waals surface area contributed by atoms with Crippen LogP contribution in [-0.4, -0.2) is 59.1 Å². The van der Waals surface area contributed by atoms with Gasteiger partial charge in [0.05, 0.1) is 17.2 Å². The third-order valence-electron chi connectivity index (χ3n) is 7.88. The number of carbonyl (C=O) groups excluding carboxylic acids is 1. The van der Waals surface area contributed by atoms with E-state index in [4.69, 9.17) is 4.74 Å². The molecule has 1 aliphatic heterocycles. The standard InChI is InChI=1S/C35H43FN4O2/c1-26(2)42-33-11-5-10-31-32(35(41)37-23-29-9-4-8-27(3)22-29)25-40(34(31)33)19-7-17-38-16-6-18-39(21-20-38)24-28-12-14-30(36)15-13-28/h4-5,8-15,22,25-26H,6-7,16-21,23-24H2,1-3H3,(H,37,41). The molecule has 0 aliphatic carbocycles. The topological polar surface area (TPSA) is 49.7 Å². The Labute approximate surface area is 249 Å². The second-order valence-corrected chi connectivity index (χ2v) is 11.7. The van der Waals surface area contributed by atoms with E-state index >= 15 is 0 Å². The number of hydrogen-bond acceptors (Lipinski definition) is 4. The van der Waals surface area contributed by atoms with Gasteiger partial charge < -0.3 is 19.5 Å². The number of benzene rings is 3. The van der Waals surface area contributed by atoms with Crippen LogP contribution in [0, 0.1) is 12.7 Å². The van der Waals surface area contributed by atoms with Gasteiger partial charge in [0.25, 0.3) is 5.91 Å². The molecule has 0 atom stereocenters. The van der Waals surface area contributed by atoms with E-state index in [1.54, 1.807) is 12.1 Å². The van der Waals surface area contributed by atoms with E-state index in [2.05, 4.69) is 38.7 Å². The van der Waals surface area contributed by atoms with Gasteiger partial charge in [-0.3, -0.25) is 9.69 Å². The van der Waals surface area contributed by atoms with E-state index < -0.39 is 0 Å². The number of amides is 1. The fraction of sp³-hybridized carbons (Fsp3) is 0.400. The predicted molar refractivity (Wildman–Crippen MR) is 167 cm³/mol. The average molecular weight is 571 g/mol. The molecule has 1 aromatic heterocycles. The van der Waals surface area contributed by atoms with Gasteiger partial charge in [-0.1, -0.05) is 54.1 Å². The van der Waals surface area contributed by atoms with E-state index in [0.717, 1.165) is 86.4 Å². The summed E-state index contributed by atoms with van der Waals surface area (Å²) < 4.78 is 21.7. The molecule has 1 aliphatic rings. The van der Waals surface area contributed by atoms with Crippen LogP contribution in [0.15, 0.2) is 72.9 Å². The van der Waals surface area contributed by atoms with Crippen LogP contribution >= 0.6 is 0 Å². The Morgan fingerprint density at radius 2 is 1.69 bits per heavy atom. The summed E-state index contributed by atoms with van der Waals surface area (Å²) in [6, 6.07) is 21.1. The first-order valence-electron chi connectivity index (χ1n) is 15.2. The first-order valence-corrected chi connectivity index (χ1v) is 15.2. The molecule has 2 heterocycles. The number of aryl methyl sites for hydroxylation is 2. The van der Waals surface area contributed by atoms with Crippen molar-refractivity contribution in [1.29, 1.82) is 0 Å². The van der Waals surface area contributed by atoms with Crippen molar-refractivity contribution < 1.29 is 13.9 Å². The number of para-hydroxylation sites is 1. The lowest BCUT2D eigenvalue weighted by Gasteiger charge is -2.22. The van der Waals surface area contributed by atoms with Gasteiger partial charge in [-0.25, -0.2) is 4.39 Å². The maximum atomic E-state index is 13.4. The zero-order valence-corrected chi connectivity index (χ0v) is 25.1. The zero-order chi connectivity index (χ0) is 29.5. The lowest BCUT2D eigenvalue weighted by molar-refractivity contribution is 0.0952. The highest BCUT2D eigenvalue weighted by Crippen LogP contribution is 2.31. The van der Waals surface area contributed by atoms with Gasteiger partial charge in [0.15, 0.2) is 0 Å².